The van der Waals surface area contributed by atoms with Crippen LogP contribution in [0.1, 0.15) is 77.3 Å². The first-order valence-corrected chi connectivity index (χ1v) is 28.1. The van der Waals surface area contributed by atoms with Crippen LogP contribution >= 0.6 is 23.5 Å². The van der Waals surface area contributed by atoms with Crippen LogP contribution in [0.15, 0.2) is 146 Å². The number of carbonyl (C=O) groups is 6. The summed E-state index contributed by atoms with van der Waals surface area (Å²) in [6.45, 7) is 0.301. The molecule has 0 aromatic heterocycles. The van der Waals surface area contributed by atoms with E-state index in [-0.39, 0.29) is 60.9 Å². The average Bonchev–Trinajstić information content (AvgIpc) is 3.97. The number of ether oxygens (including phenoxy) is 6. The molecule has 0 spiro atoms. The maximum absolute atomic E-state index is 13.6. The molecule has 2 aliphatic carbocycles. The van der Waals surface area contributed by atoms with E-state index in [0.717, 1.165) is 44.5 Å². The molecule has 6 aromatic carbocycles. The highest BCUT2D eigenvalue weighted by atomic mass is 32.2. The van der Waals surface area contributed by atoms with Crippen LogP contribution in [0, 0.1) is 11.8 Å². The van der Waals surface area contributed by atoms with Gasteiger partial charge in [-0.25, -0.2) is 0 Å². The van der Waals surface area contributed by atoms with E-state index in [0.29, 0.717) is 35.5 Å². The Morgan fingerprint density at radius 1 is 0.481 bits per heavy atom. The van der Waals surface area contributed by atoms with Crippen molar-refractivity contribution in [2.75, 3.05) is 51.5 Å². The molecule has 0 unspecified atom stereocenters. The molecule has 0 saturated heterocycles. The number of fused-ring (bicyclic) bond motifs is 6. The summed E-state index contributed by atoms with van der Waals surface area (Å²) in [4.78, 5) is 79.6. The van der Waals surface area contributed by atoms with Crippen molar-refractivity contribution < 1.29 is 57.2 Å². The summed E-state index contributed by atoms with van der Waals surface area (Å²) in [6, 6.07) is 41.9. The van der Waals surface area contributed by atoms with Crippen molar-refractivity contribution in [3.05, 3.63) is 179 Å². The molecule has 6 aromatic rings. The number of allylic oxidation sites excluding steroid dienone is 2. The maximum Gasteiger partial charge on any atom is 0.315 e. The van der Waals surface area contributed by atoms with E-state index in [4.69, 9.17) is 28.4 Å². The van der Waals surface area contributed by atoms with Crippen molar-refractivity contribution in [3.63, 3.8) is 0 Å². The minimum atomic E-state index is -0.761. The topological polar surface area (TPSA) is 158 Å². The summed E-state index contributed by atoms with van der Waals surface area (Å²) in [5.74, 6) is -2.80. The molecule has 0 saturated carbocycles. The Morgan fingerprint density at radius 3 is 1.17 bits per heavy atom. The van der Waals surface area contributed by atoms with Gasteiger partial charge in [0.2, 0.25) is 0 Å². The molecule has 0 radical (unpaired) electrons. The molecule has 0 amide bonds. The molecule has 396 valence electrons. The SMILES string of the molecule is COc1cc(/C=C/C(=O)CC(=O)/C=C/c2ccc(OC(=O)[C@H](CCSC)CC(=O)OCC3c4ccccc4-c4ccccc43)c(OC)c2)ccc1OC(=O)[C@H](CCSC)CC(=O)OCC1c2ccccc2-c2ccccc21. The second kappa shape index (κ2) is 26.9. The van der Waals surface area contributed by atoms with E-state index < -0.39 is 53.7 Å². The van der Waals surface area contributed by atoms with Crippen molar-refractivity contribution >= 4 is 71.1 Å². The third-order valence-corrected chi connectivity index (χ3v) is 14.9. The third-order valence-electron chi connectivity index (χ3n) is 13.6. The summed E-state index contributed by atoms with van der Waals surface area (Å²) >= 11 is 3.11. The van der Waals surface area contributed by atoms with Crippen molar-refractivity contribution in [2.45, 2.75) is 43.9 Å². The Hall–Kier alpha value is -7.68. The van der Waals surface area contributed by atoms with Crippen LogP contribution in [-0.4, -0.2) is 86.9 Å². The first-order chi connectivity index (χ1) is 37.5. The van der Waals surface area contributed by atoms with Crippen molar-refractivity contribution in [1.29, 1.82) is 0 Å². The number of ketones is 2. The van der Waals surface area contributed by atoms with Crippen molar-refractivity contribution in [3.8, 4) is 45.3 Å². The quantitative estimate of drug-likeness (QED) is 0.0219. The van der Waals surface area contributed by atoms with E-state index in [9.17, 15) is 28.8 Å². The number of thioether (sulfide) groups is 2. The first kappa shape index (κ1) is 55.5. The predicted octanol–water partition coefficient (Wildman–Crippen LogP) is 12.0. The molecule has 2 atom stereocenters. The van der Waals surface area contributed by atoms with Crippen LogP contribution in [-0.2, 0) is 38.2 Å². The maximum atomic E-state index is 13.6. The standard InChI is InChI=1S/C63H60O12S2/c1-70-58-33-40(23-27-56(58)74-62(68)42(29-31-76-3)35-60(66)72-38-54-50-17-9-5-13-46(50)47-14-6-10-18-51(47)54)21-25-44(64)37-45(65)26-22-41-24-28-57(59(34-41)71-2)75-63(69)43(30-32-77-4)36-61(67)73-39-55-52-19-11-7-15-48(52)49-16-8-12-20-53(49)55/h5-28,33-34,42-43,54-55H,29-32,35-39H2,1-4H3/b25-21+,26-22+/t42-,43-/m1/s1. The third kappa shape index (κ3) is 14.0. The Bertz CT molecular complexity index is 2890. The van der Waals surface area contributed by atoms with Crippen molar-refractivity contribution in [1.82, 2.24) is 0 Å². The van der Waals surface area contributed by atoms with Crippen LogP contribution in [0.3, 0.4) is 0 Å². The highest BCUT2D eigenvalue weighted by Gasteiger charge is 2.33. The van der Waals surface area contributed by atoms with Gasteiger partial charge in [0.1, 0.15) is 13.2 Å². The molecule has 77 heavy (non-hydrogen) atoms. The number of hydrogen-bond acceptors (Lipinski definition) is 14. The van der Waals surface area contributed by atoms with Crippen LogP contribution < -0.4 is 18.9 Å². The van der Waals surface area contributed by atoms with Gasteiger partial charge in [0.15, 0.2) is 34.6 Å². The number of benzene rings is 6. The van der Waals surface area contributed by atoms with Gasteiger partial charge < -0.3 is 28.4 Å². The van der Waals surface area contributed by atoms with E-state index in [1.165, 1.54) is 38.5 Å². The molecular formula is C63H60O12S2. The van der Waals surface area contributed by atoms with Crippen LogP contribution in [0.5, 0.6) is 23.0 Å². The zero-order valence-electron chi connectivity index (χ0n) is 43.4. The number of esters is 4. The number of rotatable bonds is 26. The number of carbonyl (C=O) groups excluding carboxylic acids is 6. The molecule has 0 aliphatic heterocycles. The van der Waals surface area contributed by atoms with Gasteiger partial charge in [-0.2, -0.15) is 23.5 Å². The summed E-state index contributed by atoms with van der Waals surface area (Å²) in [7, 11) is 2.85. The summed E-state index contributed by atoms with van der Waals surface area (Å²) in [5.41, 5.74) is 9.99. The van der Waals surface area contributed by atoms with E-state index in [1.54, 1.807) is 59.9 Å². The molecule has 0 N–H and O–H groups in total. The van der Waals surface area contributed by atoms with Gasteiger partial charge >= 0.3 is 23.9 Å². The molecule has 14 heteroatoms. The Labute approximate surface area is 457 Å². The zero-order valence-corrected chi connectivity index (χ0v) is 45.0. The Balaban J connectivity index is 0.811. The summed E-state index contributed by atoms with van der Waals surface area (Å²) in [5, 5.41) is 0. The van der Waals surface area contributed by atoms with Crippen LogP contribution in [0.25, 0.3) is 34.4 Å². The fourth-order valence-corrected chi connectivity index (χ4v) is 10.7. The minimum absolute atomic E-state index is 0.107. The molecule has 2 aliphatic rings. The van der Waals surface area contributed by atoms with Crippen LogP contribution in [0.2, 0.25) is 0 Å². The van der Waals surface area contributed by atoms with E-state index >= 15 is 0 Å². The lowest BCUT2D eigenvalue weighted by Gasteiger charge is -2.18. The number of methoxy groups -OCH3 is 2. The molecule has 12 nitrogen and oxygen atoms in total. The fourth-order valence-electron chi connectivity index (χ4n) is 9.67. The Kier molecular flexibility index (Phi) is 19.4. The van der Waals surface area contributed by atoms with E-state index in [1.807, 2.05) is 61.0 Å². The Morgan fingerprint density at radius 2 is 0.831 bits per heavy atom. The second-order valence-electron chi connectivity index (χ2n) is 18.6. The van der Waals surface area contributed by atoms with Gasteiger partial charge in [-0.15, -0.1) is 0 Å². The lowest BCUT2D eigenvalue weighted by atomic mass is 9.98. The molecule has 0 bridgehead atoms. The highest BCUT2D eigenvalue weighted by Crippen LogP contribution is 2.46. The molecule has 8 rings (SSSR count). The average molecular weight is 1070 g/mol. The minimum Gasteiger partial charge on any atom is -0.493 e. The number of hydrogen-bond donors (Lipinski definition) is 0. The zero-order chi connectivity index (χ0) is 54.3. The van der Waals surface area contributed by atoms with E-state index in [2.05, 4.69) is 48.5 Å². The van der Waals surface area contributed by atoms with Crippen molar-refractivity contribution in [2.24, 2.45) is 11.8 Å². The van der Waals surface area contributed by atoms with Gasteiger partial charge in [-0.1, -0.05) is 121 Å². The van der Waals surface area contributed by atoms with Gasteiger partial charge in [-0.05, 0) is 129 Å². The molecular weight excluding hydrogens is 1010 g/mol. The largest absolute Gasteiger partial charge is 0.493 e. The van der Waals surface area contributed by atoms with Crippen LogP contribution in [0.4, 0.5) is 0 Å². The first-order valence-electron chi connectivity index (χ1n) is 25.3. The lowest BCUT2D eigenvalue weighted by molar-refractivity contribution is -0.150. The second-order valence-corrected chi connectivity index (χ2v) is 20.6. The fraction of sp³-hybridized carbons (Fsp3) is 0.270. The van der Waals surface area contributed by atoms with Gasteiger partial charge in [-0.3, -0.25) is 28.8 Å². The molecule has 0 heterocycles. The lowest BCUT2D eigenvalue weighted by Crippen LogP contribution is -2.25. The van der Waals surface area contributed by atoms with Gasteiger partial charge in [0.05, 0.1) is 45.3 Å². The summed E-state index contributed by atoms with van der Waals surface area (Å²) < 4.78 is 34.3. The summed E-state index contributed by atoms with van der Waals surface area (Å²) in [6.07, 6.45) is 9.56. The molecule has 0 fully saturated rings. The van der Waals surface area contributed by atoms with Gasteiger partial charge in [0.25, 0.3) is 0 Å². The highest BCUT2D eigenvalue weighted by molar-refractivity contribution is 7.98. The smallest absolute Gasteiger partial charge is 0.315 e. The predicted molar refractivity (Wildman–Crippen MR) is 302 cm³/mol. The normalized spacial score (nSPS) is 13.2. The monoisotopic (exact) mass is 1070 g/mol. The van der Waals surface area contributed by atoms with Gasteiger partial charge in [0, 0.05) is 11.8 Å².